The number of fused-ring (bicyclic) bond motifs is 1. The van der Waals surface area contributed by atoms with E-state index in [0.29, 0.717) is 22.9 Å². The number of carbonyl (C=O) groups is 1. The second-order valence-corrected chi connectivity index (χ2v) is 6.85. The first-order valence-corrected chi connectivity index (χ1v) is 8.63. The van der Waals surface area contributed by atoms with E-state index in [0.717, 1.165) is 30.6 Å². The van der Waals surface area contributed by atoms with E-state index in [1.54, 1.807) is 0 Å². The summed E-state index contributed by atoms with van der Waals surface area (Å²) >= 11 is 0. The van der Waals surface area contributed by atoms with Crippen LogP contribution in [0.3, 0.4) is 0 Å². The summed E-state index contributed by atoms with van der Waals surface area (Å²) in [6, 6.07) is 10.3. The average Bonchev–Trinajstić information content (AvgIpc) is 3.21. The van der Waals surface area contributed by atoms with Gasteiger partial charge < -0.3 is 9.42 Å². The minimum atomic E-state index is 0.0397. The van der Waals surface area contributed by atoms with E-state index in [4.69, 9.17) is 4.52 Å². The fourth-order valence-corrected chi connectivity index (χ4v) is 3.80. The fraction of sp³-hybridized carbons (Fsp3) is 0.350. The number of amides is 1. The second kappa shape index (κ2) is 5.99. The summed E-state index contributed by atoms with van der Waals surface area (Å²) in [5, 5.41) is 4.70. The molecule has 4 rings (SSSR count). The van der Waals surface area contributed by atoms with Gasteiger partial charge in [-0.3, -0.25) is 4.79 Å². The third kappa shape index (κ3) is 2.69. The molecule has 128 valence electrons. The van der Waals surface area contributed by atoms with Gasteiger partial charge in [0.2, 0.25) is 0 Å². The Balaban J connectivity index is 1.65. The normalized spacial score (nSPS) is 17.4. The summed E-state index contributed by atoms with van der Waals surface area (Å²) in [5.41, 5.74) is 5.19. The van der Waals surface area contributed by atoms with Gasteiger partial charge in [0.15, 0.2) is 0 Å². The smallest absolute Gasteiger partial charge is 0.258 e. The molecule has 3 aromatic rings. The number of pyridine rings is 1. The number of likely N-dealkylation sites (tertiary alicyclic amines) is 1. The Morgan fingerprint density at radius 3 is 2.84 bits per heavy atom. The Labute approximate surface area is 146 Å². The number of hydrogen-bond donors (Lipinski definition) is 0. The molecule has 0 radical (unpaired) electrons. The maximum atomic E-state index is 13.2. The summed E-state index contributed by atoms with van der Waals surface area (Å²) in [5.74, 6) is 0.435. The molecule has 0 spiro atoms. The van der Waals surface area contributed by atoms with Gasteiger partial charge >= 0.3 is 0 Å². The lowest BCUT2D eigenvalue weighted by Gasteiger charge is -2.18. The van der Waals surface area contributed by atoms with Crippen LogP contribution in [0.15, 0.2) is 34.9 Å². The number of carbonyl (C=O) groups excluding carboxylic acids is 1. The van der Waals surface area contributed by atoms with Crippen molar-refractivity contribution in [3.8, 4) is 0 Å². The lowest BCUT2D eigenvalue weighted by atomic mass is 9.94. The van der Waals surface area contributed by atoms with Crippen molar-refractivity contribution in [3.05, 3.63) is 58.4 Å². The van der Waals surface area contributed by atoms with E-state index in [1.807, 2.05) is 24.8 Å². The molecule has 2 aromatic heterocycles. The van der Waals surface area contributed by atoms with Crippen LogP contribution >= 0.6 is 0 Å². The SMILES string of the molecule is Cc1cc(C(=O)N2CC[C@H](c3ccccc3C)C2)c2c(C)noc2n1. The summed E-state index contributed by atoms with van der Waals surface area (Å²) in [7, 11) is 0. The Bertz CT molecular complexity index is 961. The molecule has 0 bridgehead atoms. The third-order valence-corrected chi connectivity index (χ3v) is 5.08. The van der Waals surface area contributed by atoms with Crippen molar-refractivity contribution in [2.75, 3.05) is 13.1 Å². The highest BCUT2D eigenvalue weighted by atomic mass is 16.5. The third-order valence-electron chi connectivity index (χ3n) is 5.08. The Kier molecular flexibility index (Phi) is 3.79. The van der Waals surface area contributed by atoms with Crippen LogP contribution in [0.1, 0.15) is 45.2 Å². The molecule has 1 fully saturated rings. The maximum absolute atomic E-state index is 13.2. The van der Waals surface area contributed by atoms with Crippen LogP contribution in [-0.4, -0.2) is 34.0 Å². The van der Waals surface area contributed by atoms with Crippen LogP contribution in [0.4, 0.5) is 0 Å². The van der Waals surface area contributed by atoms with Crippen molar-refractivity contribution in [1.82, 2.24) is 15.0 Å². The van der Waals surface area contributed by atoms with Crippen molar-refractivity contribution < 1.29 is 9.32 Å². The van der Waals surface area contributed by atoms with Gasteiger partial charge in [-0.05, 0) is 44.4 Å². The first kappa shape index (κ1) is 15.8. The minimum absolute atomic E-state index is 0.0397. The average molecular weight is 335 g/mol. The van der Waals surface area contributed by atoms with Crippen LogP contribution in [0.25, 0.3) is 11.1 Å². The van der Waals surface area contributed by atoms with Crippen LogP contribution in [0.2, 0.25) is 0 Å². The molecule has 0 saturated carbocycles. The van der Waals surface area contributed by atoms with Gasteiger partial charge in [-0.2, -0.15) is 0 Å². The molecule has 1 aromatic carbocycles. The molecule has 0 N–H and O–H groups in total. The zero-order valence-electron chi connectivity index (χ0n) is 14.7. The molecule has 5 nitrogen and oxygen atoms in total. The zero-order valence-corrected chi connectivity index (χ0v) is 14.7. The number of hydrogen-bond acceptors (Lipinski definition) is 4. The van der Waals surface area contributed by atoms with Crippen molar-refractivity contribution in [2.45, 2.75) is 33.1 Å². The molecule has 1 aliphatic rings. The van der Waals surface area contributed by atoms with Gasteiger partial charge in [-0.1, -0.05) is 29.4 Å². The molecule has 3 heterocycles. The molecular weight excluding hydrogens is 314 g/mol. The summed E-state index contributed by atoms with van der Waals surface area (Å²) in [6.07, 6.45) is 0.992. The van der Waals surface area contributed by atoms with Gasteiger partial charge in [0, 0.05) is 24.7 Å². The van der Waals surface area contributed by atoms with Gasteiger partial charge in [0.25, 0.3) is 11.6 Å². The number of aromatic nitrogens is 2. The molecule has 25 heavy (non-hydrogen) atoms. The largest absolute Gasteiger partial charge is 0.338 e. The molecule has 1 amide bonds. The van der Waals surface area contributed by atoms with E-state index in [1.165, 1.54) is 11.1 Å². The highest BCUT2D eigenvalue weighted by Gasteiger charge is 2.30. The van der Waals surface area contributed by atoms with Crippen LogP contribution in [0.5, 0.6) is 0 Å². The predicted octanol–water partition coefficient (Wildman–Crippen LogP) is 3.78. The van der Waals surface area contributed by atoms with Crippen LogP contribution in [-0.2, 0) is 0 Å². The highest BCUT2D eigenvalue weighted by molar-refractivity contribution is 6.06. The Morgan fingerprint density at radius 2 is 2.04 bits per heavy atom. The second-order valence-electron chi connectivity index (χ2n) is 6.85. The molecular formula is C20H21N3O2. The first-order valence-electron chi connectivity index (χ1n) is 8.63. The minimum Gasteiger partial charge on any atom is -0.338 e. The fourth-order valence-electron chi connectivity index (χ4n) is 3.80. The number of rotatable bonds is 2. The van der Waals surface area contributed by atoms with E-state index >= 15 is 0 Å². The van der Waals surface area contributed by atoms with E-state index < -0.39 is 0 Å². The summed E-state index contributed by atoms with van der Waals surface area (Å²) < 4.78 is 5.26. The first-order chi connectivity index (χ1) is 12.0. The Hall–Kier alpha value is -2.69. The zero-order chi connectivity index (χ0) is 17.6. The van der Waals surface area contributed by atoms with Crippen molar-refractivity contribution in [1.29, 1.82) is 0 Å². The van der Waals surface area contributed by atoms with Gasteiger partial charge in [-0.25, -0.2) is 4.98 Å². The van der Waals surface area contributed by atoms with Crippen molar-refractivity contribution in [2.24, 2.45) is 0 Å². The van der Waals surface area contributed by atoms with Crippen LogP contribution in [0, 0.1) is 20.8 Å². The van der Waals surface area contributed by atoms with Gasteiger partial charge in [-0.15, -0.1) is 0 Å². The lowest BCUT2D eigenvalue weighted by molar-refractivity contribution is 0.0792. The number of nitrogens with zero attached hydrogens (tertiary/aromatic N) is 3. The van der Waals surface area contributed by atoms with E-state index in [-0.39, 0.29) is 5.91 Å². The quantitative estimate of drug-likeness (QED) is 0.715. The van der Waals surface area contributed by atoms with Crippen molar-refractivity contribution >= 4 is 17.0 Å². The maximum Gasteiger partial charge on any atom is 0.258 e. The highest BCUT2D eigenvalue weighted by Crippen LogP contribution is 2.31. The van der Waals surface area contributed by atoms with Crippen LogP contribution < -0.4 is 0 Å². The number of aryl methyl sites for hydroxylation is 3. The Morgan fingerprint density at radius 1 is 1.24 bits per heavy atom. The topological polar surface area (TPSA) is 59.2 Å². The summed E-state index contributed by atoms with van der Waals surface area (Å²) in [6.45, 7) is 7.37. The van der Waals surface area contributed by atoms with E-state index in [9.17, 15) is 4.79 Å². The molecule has 1 atom stereocenters. The molecule has 1 saturated heterocycles. The van der Waals surface area contributed by atoms with Gasteiger partial charge in [0.1, 0.15) is 0 Å². The molecule has 0 unspecified atom stereocenters. The summed E-state index contributed by atoms with van der Waals surface area (Å²) in [4.78, 5) is 19.4. The predicted molar refractivity (Wildman–Crippen MR) is 95.7 cm³/mol. The molecule has 1 aliphatic heterocycles. The van der Waals surface area contributed by atoms with Gasteiger partial charge in [0.05, 0.1) is 16.6 Å². The monoisotopic (exact) mass is 335 g/mol. The van der Waals surface area contributed by atoms with E-state index in [2.05, 4.69) is 41.3 Å². The standard InChI is InChI=1S/C20H21N3O2/c1-12-6-4-5-7-16(12)15-8-9-23(11-15)20(24)17-10-13(2)21-19-18(17)14(3)22-25-19/h4-7,10,15H,8-9,11H2,1-3H3/t15-/m0/s1. The van der Waals surface area contributed by atoms with Crippen molar-refractivity contribution in [3.63, 3.8) is 0 Å². The molecule has 0 aliphatic carbocycles. The molecule has 5 heteroatoms. The lowest BCUT2D eigenvalue weighted by Crippen LogP contribution is -2.29. The number of benzene rings is 1.